The number of sulfonamides is 1. The minimum Gasteiger partial charge on any atom is -0.497 e. The summed E-state index contributed by atoms with van der Waals surface area (Å²) in [6.45, 7) is 5.72. The minimum absolute atomic E-state index is 0.0688. The molecule has 4 aromatic carbocycles. The van der Waals surface area contributed by atoms with Crippen molar-refractivity contribution >= 4 is 27.5 Å². The van der Waals surface area contributed by atoms with Crippen LogP contribution in [0.3, 0.4) is 0 Å². The van der Waals surface area contributed by atoms with Gasteiger partial charge < -0.3 is 15.0 Å². The van der Waals surface area contributed by atoms with Gasteiger partial charge in [0.15, 0.2) is 0 Å². The van der Waals surface area contributed by atoms with Gasteiger partial charge in [0.2, 0.25) is 11.8 Å². The third kappa shape index (κ3) is 8.73. The maximum Gasteiger partial charge on any atom is 0.264 e. The van der Waals surface area contributed by atoms with E-state index in [2.05, 4.69) is 5.32 Å². The molecule has 4 rings (SSSR count). The highest BCUT2D eigenvalue weighted by atomic mass is 32.2. The van der Waals surface area contributed by atoms with Crippen molar-refractivity contribution in [3.05, 3.63) is 125 Å². The van der Waals surface area contributed by atoms with Gasteiger partial charge in [-0.2, -0.15) is 0 Å². The highest BCUT2D eigenvalue weighted by Crippen LogP contribution is 2.26. The molecule has 8 nitrogen and oxygen atoms in total. The van der Waals surface area contributed by atoms with E-state index in [0.29, 0.717) is 18.0 Å². The third-order valence-corrected chi connectivity index (χ3v) is 9.27. The first-order chi connectivity index (χ1) is 21.6. The molecule has 0 saturated carbocycles. The average molecular weight is 628 g/mol. The number of nitrogens with one attached hydrogen (secondary N) is 1. The van der Waals surface area contributed by atoms with Crippen molar-refractivity contribution in [1.82, 2.24) is 10.2 Å². The van der Waals surface area contributed by atoms with E-state index in [1.54, 1.807) is 55.6 Å². The Hall–Kier alpha value is -4.63. The Morgan fingerprint density at radius 2 is 1.51 bits per heavy atom. The standard InChI is InChI=1S/C36H41N3O5S/c1-5-21-37-36(41)34(24-29-12-7-6-8-13-29)38(25-30-14-10-16-32(23-30)44-4)35(40)26-39(31-15-9-11-28(3)22-31)45(42,43)33-19-17-27(2)18-20-33/h6-20,22-23,34H,5,21,24-26H2,1-4H3,(H,37,41)/t34-/m1/s1. The lowest BCUT2D eigenvalue weighted by molar-refractivity contribution is -0.140. The first-order valence-corrected chi connectivity index (χ1v) is 16.5. The highest BCUT2D eigenvalue weighted by molar-refractivity contribution is 7.92. The van der Waals surface area contributed by atoms with E-state index in [1.165, 1.54) is 4.90 Å². The molecule has 0 aromatic heterocycles. The fraction of sp³-hybridized carbons (Fsp3) is 0.278. The van der Waals surface area contributed by atoms with Gasteiger partial charge in [-0.05, 0) is 73.4 Å². The van der Waals surface area contributed by atoms with Crippen molar-refractivity contribution in [3.63, 3.8) is 0 Å². The Morgan fingerprint density at radius 1 is 0.822 bits per heavy atom. The summed E-state index contributed by atoms with van der Waals surface area (Å²) >= 11 is 0. The van der Waals surface area contributed by atoms with Gasteiger partial charge in [-0.1, -0.05) is 79.2 Å². The van der Waals surface area contributed by atoms with Crippen LogP contribution >= 0.6 is 0 Å². The highest BCUT2D eigenvalue weighted by Gasteiger charge is 2.34. The number of anilines is 1. The fourth-order valence-corrected chi connectivity index (χ4v) is 6.44. The molecular formula is C36H41N3O5S. The Morgan fingerprint density at radius 3 is 2.18 bits per heavy atom. The van der Waals surface area contributed by atoms with Crippen LogP contribution in [-0.4, -0.2) is 51.4 Å². The maximum atomic E-state index is 14.5. The molecule has 0 aliphatic heterocycles. The summed E-state index contributed by atoms with van der Waals surface area (Å²) in [6.07, 6.45) is 0.977. The largest absolute Gasteiger partial charge is 0.497 e. The molecule has 1 N–H and O–H groups in total. The Bertz CT molecular complexity index is 1690. The van der Waals surface area contributed by atoms with Crippen molar-refractivity contribution in [1.29, 1.82) is 0 Å². The number of hydrogen-bond acceptors (Lipinski definition) is 5. The molecule has 0 radical (unpaired) electrons. The van der Waals surface area contributed by atoms with Gasteiger partial charge in [0.25, 0.3) is 10.0 Å². The van der Waals surface area contributed by atoms with Crippen LogP contribution in [-0.2, 0) is 32.6 Å². The molecule has 1 atom stereocenters. The number of benzene rings is 4. The number of hydrogen-bond donors (Lipinski definition) is 1. The molecule has 0 aliphatic carbocycles. The summed E-state index contributed by atoms with van der Waals surface area (Å²) in [6, 6.07) is 29.5. The van der Waals surface area contributed by atoms with Crippen LogP contribution < -0.4 is 14.4 Å². The van der Waals surface area contributed by atoms with E-state index in [1.807, 2.05) is 75.4 Å². The van der Waals surface area contributed by atoms with E-state index in [0.717, 1.165) is 33.0 Å². The van der Waals surface area contributed by atoms with Crippen molar-refractivity contribution < 1.29 is 22.7 Å². The second-order valence-electron chi connectivity index (χ2n) is 11.0. The molecule has 45 heavy (non-hydrogen) atoms. The molecule has 4 aromatic rings. The number of rotatable bonds is 14. The molecule has 0 heterocycles. The monoisotopic (exact) mass is 627 g/mol. The molecule has 9 heteroatoms. The van der Waals surface area contributed by atoms with Crippen LogP contribution in [0, 0.1) is 13.8 Å². The fourth-order valence-electron chi connectivity index (χ4n) is 5.04. The number of methoxy groups -OCH3 is 1. The maximum absolute atomic E-state index is 14.5. The van der Waals surface area contributed by atoms with Crippen molar-refractivity contribution in [3.8, 4) is 5.75 Å². The van der Waals surface area contributed by atoms with Gasteiger partial charge in [-0.3, -0.25) is 13.9 Å². The van der Waals surface area contributed by atoms with Crippen LogP contribution in [0.4, 0.5) is 5.69 Å². The van der Waals surface area contributed by atoms with Crippen LogP contribution in [0.15, 0.2) is 108 Å². The zero-order valence-electron chi connectivity index (χ0n) is 26.3. The third-order valence-electron chi connectivity index (χ3n) is 7.48. The van der Waals surface area contributed by atoms with Gasteiger partial charge in [-0.15, -0.1) is 0 Å². The van der Waals surface area contributed by atoms with Gasteiger partial charge in [0.05, 0.1) is 17.7 Å². The van der Waals surface area contributed by atoms with Gasteiger partial charge in [-0.25, -0.2) is 8.42 Å². The number of carbonyl (C=O) groups is 2. The topological polar surface area (TPSA) is 96.0 Å². The number of ether oxygens (including phenoxy) is 1. The second-order valence-corrected chi connectivity index (χ2v) is 12.9. The van der Waals surface area contributed by atoms with E-state index in [-0.39, 0.29) is 23.8 Å². The Labute approximate surface area is 266 Å². The van der Waals surface area contributed by atoms with Gasteiger partial charge in [0.1, 0.15) is 18.3 Å². The molecule has 0 bridgehead atoms. The lowest BCUT2D eigenvalue weighted by atomic mass is 10.0. The molecule has 0 unspecified atom stereocenters. The molecule has 0 spiro atoms. The summed E-state index contributed by atoms with van der Waals surface area (Å²) in [4.78, 5) is 29.8. The predicted molar refractivity (Wildman–Crippen MR) is 178 cm³/mol. The van der Waals surface area contributed by atoms with Crippen molar-refractivity contribution in [2.75, 3.05) is 24.5 Å². The number of carbonyl (C=O) groups excluding carboxylic acids is 2. The summed E-state index contributed by atoms with van der Waals surface area (Å²) in [5.41, 5.74) is 3.74. The van der Waals surface area contributed by atoms with E-state index >= 15 is 0 Å². The molecule has 0 aliphatic rings. The molecular weight excluding hydrogens is 586 g/mol. The molecule has 2 amide bonds. The second kappa shape index (κ2) is 15.4. The van der Waals surface area contributed by atoms with Gasteiger partial charge >= 0.3 is 0 Å². The van der Waals surface area contributed by atoms with Gasteiger partial charge in [0, 0.05) is 19.5 Å². The van der Waals surface area contributed by atoms with E-state index in [4.69, 9.17) is 4.74 Å². The van der Waals surface area contributed by atoms with Crippen molar-refractivity contribution in [2.24, 2.45) is 0 Å². The van der Waals surface area contributed by atoms with E-state index in [9.17, 15) is 18.0 Å². The minimum atomic E-state index is -4.15. The number of aryl methyl sites for hydroxylation is 2. The molecule has 236 valence electrons. The average Bonchev–Trinajstić information content (AvgIpc) is 3.04. The Balaban J connectivity index is 1.80. The zero-order valence-corrected chi connectivity index (χ0v) is 27.1. The summed E-state index contributed by atoms with van der Waals surface area (Å²) in [5.74, 6) is -0.207. The first-order valence-electron chi connectivity index (χ1n) is 15.0. The Kier molecular flexibility index (Phi) is 11.4. The smallest absolute Gasteiger partial charge is 0.264 e. The van der Waals surface area contributed by atoms with Crippen LogP contribution in [0.5, 0.6) is 5.75 Å². The number of nitrogens with zero attached hydrogens (tertiary/aromatic N) is 2. The van der Waals surface area contributed by atoms with Crippen LogP contribution in [0.1, 0.15) is 35.6 Å². The zero-order chi connectivity index (χ0) is 32.4. The lowest BCUT2D eigenvalue weighted by Gasteiger charge is -2.34. The quantitative estimate of drug-likeness (QED) is 0.194. The summed E-state index contributed by atoms with van der Waals surface area (Å²) in [5, 5.41) is 2.96. The van der Waals surface area contributed by atoms with E-state index < -0.39 is 28.5 Å². The summed E-state index contributed by atoms with van der Waals surface area (Å²) in [7, 11) is -2.59. The van der Waals surface area contributed by atoms with Crippen LogP contribution in [0.25, 0.3) is 0 Å². The normalized spacial score (nSPS) is 11.8. The molecule has 0 fully saturated rings. The SMILES string of the molecule is CCCNC(=O)[C@@H](Cc1ccccc1)N(Cc1cccc(OC)c1)C(=O)CN(c1cccc(C)c1)S(=O)(=O)c1ccc(C)cc1. The predicted octanol–water partition coefficient (Wildman–Crippen LogP) is 5.67. The van der Waals surface area contributed by atoms with Crippen LogP contribution in [0.2, 0.25) is 0 Å². The first kappa shape index (κ1) is 33.3. The molecule has 0 saturated heterocycles. The van der Waals surface area contributed by atoms with Crippen molar-refractivity contribution in [2.45, 2.75) is 51.1 Å². The lowest BCUT2D eigenvalue weighted by Crippen LogP contribution is -2.53. The number of amides is 2. The summed E-state index contributed by atoms with van der Waals surface area (Å²) < 4.78 is 34.9.